The molecule has 4 heteroatoms. The Morgan fingerprint density at radius 3 is 2.32 bits per heavy atom. The van der Waals surface area contributed by atoms with Gasteiger partial charge in [0.1, 0.15) is 6.61 Å². The Morgan fingerprint density at radius 1 is 1.14 bits per heavy atom. The van der Waals surface area contributed by atoms with Crippen molar-refractivity contribution in [3.8, 4) is 0 Å². The van der Waals surface area contributed by atoms with E-state index < -0.39 is 6.29 Å². The molecule has 1 N–H and O–H groups in total. The molecule has 4 atom stereocenters. The number of hydrogen-bond donors (Lipinski definition) is 1. The number of fused-ring (bicyclic) bond motifs is 2. The average molecular weight is 312 g/mol. The van der Waals surface area contributed by atoms with Crippen molar-refractivity contribution in [1.29, 1.82) is 0 Å². The maximum Gasteiger partial charge on any atom is 0.309 e. The smallest absolute Gasteiger partial charge is 0.309 e. The molecule has 0 radical (unpaired) electrons. The molecule has 2 aliphatic carbocycles. The van der Waals surface area contributed by atoms with Gasteiger partial charge in [0.25, 0.3) is 0 Å². The average Bonchev–Trinajstić information content (AvgIpc) is 3.04. The summed E-state index contributed by atoms with van der Waals surface area (Å²) in [7, 11) is 0. The van der Waals surface area contributed by atoms with Crippen LogP contribution in [0.15, 0.2) is 0 Å². The van der Waals surface area contributed by atoms with Gasteiger partial charge in [0.2, 0.25) is 0 Å². The van der Waals surface area contributed by atoms with Gasteiger partial charge < -0.3 is 14.6 Å². The molecule has 2 aliphatic rings. The van der Waals surface area contributed by atoms with Crippen LogP contribution < -0.4 is 0 Å². The predicted molar refractivity (Wildman–Crippen MR) is 85.1 cm³/mol. The highest BCUT2D eigenvalue weighted by Gasteiger charge is 2.44. The molecule has 0 amide bonds. The van der Waals surface area contributed by atoms with Crippen LogP contribution in [0.4, 0.5) is 0 Å². The van der Waals surface area contributed by atoms with Crippen LogP contribution in [0.5, 0.6) is 0 Å². The quantitative estimate of drug-likeness (QED) is 0.464. The van der Waals surface area contributed by atoms with Crippen molar-refractivity contribution in [3.63, 3.8) is 0 Å². The Kier molecular flexibility index (Phi) is 5.23. The molecule has 128 valence electrons. The summed E-state index contributed by atoms with van der Waals surface area (Å²) >= 11 is 0. The molecule has 0 aliphatic heterocycles. The molecule has 4 nitrogen and oxygen atoms in total. The van der Waals surface area contributed by atoms with E-state index in [0.717, 1.165) is 12.3 Å². The zero-order valence-electron chi connectivity index (χ0n) is 14.7. The van der Waals surface area contributed by atoms with E-state index in [9.17, 15) is 9.90 Å². The fourth-order valence-electron chi connectivity index (χ4n) is 3.52. The highest BCUT2D eigenvalue weighted by molar-refractivity contribution is 5.73. The van der Waals surface area contributed by atoms with Gasteiger partial charge in [0.05, 0.1) is 12.5 Å². The largest absolute Gasteiger partial charge is 0.463 e. The summed E-state index contributed by atoms with van der Waals surface area (Å²) in [6.45, 7) is 10.7. The molecular formula is C18H32O4. The first-order chi connectivity index (χ1) is 10.1. The number of aliphatic hydroxyl groups is 1. The van der Waals surface area contributed by atoms with Crippen LogP contribution in [0, 0.1) is 28.6 Å². The summed E-state index contributed by atoms with van der Waals surface area (Å²) < 4.78 is 10.8. The lowest BCUT2D eigenvalue weighted by Gasteiger charge is -2.41. The lowest BCUT2D eigenvalue weighted by Crippen LogP contribution is -2.42. The monoisotopic (exact) mass is 312 g/mol. The highest BCUT2D eigenvalue weighted by Crippen LogP contribution is 2.48. The minimum Gasteiger partial charge on any atom is -0.463 e. The summed E-state index contributed by atoms with van der Waals surface area (Å²) in [5, 5.41) is 10.2. The van der Waals surface area contributed by atoms with Gasteiger partial charge in [0.15, 0.2) is 6.29 Å². The number of hydrogen-bond acceptors (Lipinski definition) is 4. The molecular weight excluding hydrogens is 280 g/mol. The van der Waals surface area contributed by atoms with E-state index >= 15 is 0 Å². The fraction of sp³-hybridized carbons (Fsp3) is 0.944. The van der Waals surface area contributed by atoms with Crippen molar-refractivity contribution in [2.75, 3.05) is 13.2 Å². The molecule has 4 unspecified atom stereocenters. The third-order valence-electron chi connectivity index (χ3n) is 6.19. The zero-order valence-corrected chi connectivity index (χ0v) is 14.7. The maximum atomic E-state index is 12.1. The molecule has 0 aromatic carbocycles. The van der Waals surface area contributed by atoms with Gasteiger partial charge >= 0.3 is 5.97 Å². The van der Waals surface area contributed by atoms with E-state index in [1.807, 2.05) is 13.8 Å². The van der Waals surface area contributed by atoms with Gasteiger partial charge in [-0.1, -0.05) is 41.0 Å². The number of ether oxygens (including phenoxy) is 2. The Balaban J connectivity index is 1.68. The molecule has 0 saturated heterocycles. The molecule has 2 bridgehead atoms. The van der Waals surface area contributed by atoms with Crippen LogP contribution in [0.25, 0.3) is 0 Å². The summed E-state index contributed by atoms with van der Waals surface area (Å²) in [5.74, 6) is 1.33. The minimum atomic E-state index is -0.867. The minimum absolute atomic E-state index is 0.0691. The third kappa shape index (κ3) is 3.65. The summed E-state index contributed by atoms with van der Waals surface area (Å²) in [6, 6.07) is 0. The van der Waals surface area contributed by atoms with Gasteiger partial charge in [-0.2, -0.15) is 0 Å². The topological polar surface area (TPSA) is 55.8 Å². The van der Waals surface area contributed by atoms with Gasteiger partial charge in [0, 0.05) is 5.41 Å². The fourth-order valence-corrected chi connectivity index (χ4v) is 3.52. The normalized spacial score (nSPS) is 29.6. The molecule has 0 aromatic rings. The van der Waals surface area contributed by atoms with Crippen LogP contribution in [-0.2, 0) is 14.3 Å². The molecule has 22 heavy (non-hydrogen) atoms. The van der Waals surface area contributed by atoms with Crippen molar-refractivity contribution in [3.05, 3.63) is 0 Å². The molecule has 2 fully saturated rings. The van der Waals surface area contributed by atoms with Crippen molar-refractivity contribution < 1.29 is 19.4 Å². The Labute approximate surface area is 134 Å². The van der Waals surface area contributed by atoms with Crippen molar-refractivity contribution in [2.45, 2.75) is 66.6 Å². The molecule has 0 spiro atoms. The van der Waals surface area contributed by atoms with E-state index in [1.54, 1.807) is 0 Å². The van der Waals surface area contributed by atoms with Gasteiger partial charge in [-0.15, -0.1) is 0 Å². The molecule has 0 heterocycles. The van der Waals surface area contributed by atoms with Crippen molar-refractivity contribution in [1.82, 2.24) is 0 Å². The molecule has 0 aromatic heterocycles. The first kappa shape index (κ1) is 17.7. The predicted octanol–water partition coefficient (Wildman–Crippen LogP) is 3.37. The highest BCUT2D eigenvalue weighted by atomic mass is 16.6. The van der Waals surface area contributed by atoms with Crippen LogP contribution in [0.1, 0.15) is 60.3 Å². The maximum absolute atomic E-state index is 12.1. The second kappa shape index (κ2) is 6.48. The van der Waals surface area contributed by atoms with E-state index in [2.05, 4.69) is 20.8 Å². The number of aliphatic hydroxyl groups excluding tert-OH is 1. The SMILES string of the molecule is CC(C)(C)C(C)(C)C(O)OCCOC(=O)C1CC2CCC1C2. The summed E-state index contributed by atoms with van der Waals surface area (Å²) in [4.78, 5) is 12.1. The Hall–Kier alpha value is -0.610. The van der Waals surface area contributed by atoms with Gasteiger partial charge in [-0.3, -0.25) is 4.79 Å². The zero-order chi connectivity index (χ0) is 16.5. The standard InChI is InChI=1S/C18H32O4/c1-17(2,3)18(4,5)16(20)22-9-8-21-15(19)14-11-12-6-7-13(14)10-12/h12-14,16,20H,6-11H2,1-5H3. The number of carbonyl (C=O) groups excluding carboxylic acids is 1. The van der Waals surface area contributed by atoms with Crippen LogP contribution in [-0.4, -0.2) is 30.6 Å². The van der Waals surface area contributed by atoms with E-state index in [0.29, 0.717) is 5.92 Å². The first-order valence-corrected chi connectivity index (χ1v) is 8.59. The van der Waals surface area contributed by atoms with Crippen molar-refractivity contribution >= 4 is 5.97 Å². The van der Waals surface area contributed by atoms with E-state index in [4.69, 9.17) is 9.47 Å². The second-order valence-corrected chi connectivity index (χ2v) is 8.64. The van der Waals surface area contributed by atoms with Crippen molar-refractivity contribution in [2.24, 2.45) is 28.6 Å². The third-order valence-corrected chi connectivity index (χ3v) is 6.19. The second-order valence-electron chi connectivity index (χ2n) is 8.64. The van der Waals surface area contributed by atoms with E-state index in [-0.39, 0.29) is 35.9 Å². The van der Waals surface area contributed by atoms with E-state index in [1.165, 1.54) is 19.3 Å². The number of carbonyl (C=O) groups is 1. The molecule has 2 saturated carbocycles. The van der Waals surface area contributed by atoms with Crippen LogP contribution >= 0.6 is 0 Å². The van der Waals surface area contributed by atoms with Gasteiger partial charge in [-0.25, -0.2) is 0 Å². The van der Waals surface area contributed by atoms with Crippen LogP contribution in [0.3, 0.4) is 0 Å². The first-order valence-electron chi connectivity index (χ1n) is 8.59. The Bertz CT molecular complexity index is 396. The summed E-state index contributed by atoms with van der Waals surface area (Å²) in [5.41, 5.74) is -0.451. The number of esters is 1. The van der Waals surface area contributed by atoms with Gasteiger partial charge in [-0.05, 0) is 36.5 Å². The summed E-state index contributed by atoms with van der Waals surface area (Å²) in [6.07, 6.45) is 3.80. The lowest BCUT2D eigenvalue weighted by molar-refractivity contribution is -0.201. The number of rotatable bonds is 6. The Morgan fingerprint density at radius 2 is 1.82 bits per heavy atom. The molecule has 2 rings (SSSR count). The lowest BCUT2D eigenvalue weighted by atomic mass is 9.69. The van der Waals surface area contributed by atoms with Crippen LogP contribution in [0.2, 0.25) is 0 Å².